The van der Waals surface area contributed by atoms with Gasteiger partial charge in [0.15, 0.2) is 11.6 Å². The Morgan fingerprint density at radius 1 is 1.03 bits per heavy atom. The van der Waals surface area contributed by atoms with Crippen molar-refractivity contribution in [3.8, 4) is 22.8 Å². The number of benzene rings is 2. The number of aromatic nitrogens is 6. The molecule has 2 N–H and O–H groups in total. The van der Waals surface area contributed by atoms with Gasteiger partial charge < -0.3 is 9.73 Å². The molecule has 0 unspecified atom stereocenters. The number of hydrogen-bond donors (Lipinski definition) is 2. The summed E-state index contributed by atoms with van der Waals surface area (Å²) < 4.78 is 11.3. The Hall–Kier alpha value is -5.06. The normalized spacial score (nSPS) is 11.5. The summed E-state index contributed by atoms with van der Waals surface area (Å²) in [5.41, 5.74) is 1.88. The van der Waals surface area contributed by atoms with E-state index in [-0.39, 0.29) is 11.5 Å². The van der Waals surface area contributed by atoms with Gasteiger partial charge in [-0.2, -0.15) is 4.68 Å². The van der Waals surface area contributed by atoms with Crippen LogP contribution in [-0.4, -0.2) is 36.3 Å². The van der Waals surface area contributed by atoms with Gasteiger partial charge in [0.05, 0.1) is 6.26 Å². The molecule has 11 nitrogen and oxygen atoms in total. The number of anilines is 1. The van der Waals surface area contributed by atoms with Crippen molar-refractivity contribution in [3.63, 3.8) is 0 Å². The number of carbonyl (C=O) groups excluding carboxylic acids is 1. The van der Waals surface area contributed by atoms with E-state index in [4.69, 9.17) is 4.42 Å². The summed E-state index contributed by atoms with van der Waals surface area (Å²) in [5.74, 6) is -0.0766. The number of aromatic amines is 1. The number of H-pyrrole nitrogens is 1. The number of amides is 1. The summed E-state index contributed by atoms with van der Waals surface area (Å²) in [7, 11) is 0. The van der Waals surface area contributed by atoms with Crippen LogP contribution in [0.1, 0.15) is 5.76 Å². The predicted molar refractivity (Wildman–Crippen MR) is 117 cm³/mol. The van der Waals surface area contributed by atoms with Crippen LogP contribution < -0.4 is 11.1 Å². The van der Waals surface area contributed by atoms with Crippen LogP contribution in [0.4, 0.5) is 5.69 Å². The molecule has 5 aromatic rings. The molecular weight excluding hydrogens is 426 g/mol. The zero-order chi connectivity index (χ0) is 22.6. The fourth-order valence-corrected chi connectivity index (χ4v) is 3.14. The van der Waals surface area contributed by atoms with Crippen LogP contribution in [0.5, 0.6) is 0 Å². The maximum Gasteiger partial charge on any atom is 0.439 e. The van der Waals surface area contributed by atoms with Crippen molar-refractivity contribution in [1.82, 2.24) is 30.3 Å². The summed E-state index contributed by atoms with van der Waals surface area (Å²) in [6.45, 7) is 0. The lowest BCUT2D eigenvalue weighted by atomic mass is 10.2. The highest BCUT2D eigenvalue weighted by molar-refractivity contribution is 6.24. The Morgan fingerprint density at radius 3 is 2.64 bits per heavy atom. The molecule has 2 aromatic carbocycles. The Morgan fingerprint density at radius 2 is 1.88 bits per heavy atom. The largest absolute Gasteiger partial charge is 0.465 e. The average molecular weight is 441 g/mol. The van der Waals surface area contributed by atoms with Gasteiger partial charge in [0.1, 0.15) is 11.5 Å². The number of nitrogens with zero attached hydrogens (tertiary/aromatic N) is 5. The van der Waals surface area contributed by atoms with Crippen molar-refractivity contribution in [1.29, 1.82) is 0 Å². The maximum atomic E-state index is 13.3. The van der Waals surface area contributed by atoms with Crippen LogP contribution in [-0.2, 0) is 4.79 Å². The van der Waals surface area contributed by atoms with Gasteiger partial charge in [0.25, 0.3) is 5.91 Å². The number of tetrazole rings is 1. The molecule has 3 aromatic heterocycles. The molecule has 0 bridgehead atoms. The first-order chi connectivity index (χ1) is 16.2. The Balaban J connectivity index is 1.51. The monoisotopic (exact) mass is 441 g/mol. The Labute approximate surface area is 185 Å². The van der Waals surface area contributed by atoms with E-state index in [0.717, 1.165) is 5.56 Å². The van der Waals surface area contributed by atoms with Gasteiger partial charge in [-0.25, -0.2) is 4.79 Å². The van der Waals surface area contributed by atoms with E-state index in [1.165, 1.54) is 17.0 Å². The molecule has 0 spiro atoms. The lowest BCUT2D eigenvalue weighted by molar-refractivity contribution is -0.111. The van der Waals surface area contributed by atoms with Gasteiger partial charge >= 0.3 is 5.76 Å². The fourth-order valence-electron chi connectivity index (χ4n) is 3.14. The first-order valence-corrected chi connectivity index (χ1v) is 9.74. The molecule has 0 aliphatic carbocycles. The van der Waals surface area contributed by atoms with Gasteiger partial charge in [0, 0.05) is 22.9 Å². The highest BCUT2D eigenvalue weighted by Crippen LogP contribution is 2.23. The first-order valence-electron chi connectivity index (χ1n) is 9.74. The van der Waals surface area contributed by atoms with Crippen molar-refractivity contribution < 1.29 is 13.7 Å². The van der Waals surface area contributed by atoms with Crippen LogP contribution in [0.15, 0.2) is 86.7 Å². The third-order valence-corrected chi connectivity index (χ3v) is 4.62. The van der Waals surface area contributed by atoms with E-state index < -0.39 is 11.7 Å². The maximum absolute atomic E-state index is 13.3. The van der Waals surface area contributed by atoms with E-state index in [1.54, 1.807) is 36.4 Å². The highest BCUT2D eigenvalue weighted by Gasteiger charge is 2.20. The number of furan rings is 1. The summed E-state index contributed by atoms with van der Waals surface area (Å²) in [5, 5.41) is 18.3. The third-order valence-electron chi connectivity index (χ3n) is 4.62. The van der Waals surface area contributed by atoms with E-state index >= 15 is 0 Å². The van der Waals surface area contributed by atoms with Crippen LogP contribution in [0.25, 0.3) is 34.5 Å². The molecule has 0 radical (unpaired) electrons. The van der Waals surface area contributed by atoms with Gasteiger partial charge in [-0.05, 0) is 34.7 Å². The summed E-state index contributed by atoms with van der Waals surface area (Å²) in [6.07, 6.45) is 3.04. The summed E-state index contributed by atoms with van der Waals surface area (Å²) >= 11 is 0. The SMILES string of the molecule is O=C(Nc1cccc(-c2noc(=O)[nH]2)c1)/C(=C/c1ccco1)n1nnnc1-c1ccccc1. The second-order valence-corrected chi connectivity index (χ2v) is 6.80. The van der Waals surface area contributed by atoms with Gasteiger partial charge in [-0.1, -0.05) is 47.6 Å². The molecule has 0 atom stereocenters. The molecule has 162 valence electrons. The second-order valence-electron chi connectivity index (χ2n) is 6.80. The van der Waals surface area contributed by atoms with Crippen molar-refractivity contribution in [2.75, 3.05) is 5.32 Å². The standard InChI is InChI=1S/C22H15N7O4/c30-21(23-16-9-4-8-15(12-16)19-24-22(31)33-26-19)18(13-17-10-5-11-32-17)29-20(25-27-28-29)14-6-2-1-3-7-14/h1-13H,(H,23,30)(H,24,26,31)/b18-13-. The molecular formula is C22H15N7O4. The Bertz CT molecular complexity index is 1480. The minimum absolute atomic E-state index is 0.133. The molecule has 5 rings (SSSR count). The second kappa shape index (κ2) is 8.59. The summed E-state index contributed by atoms with van der Waals surface area (Å²) in [6, 6.07) is 19.4. The zero-order valence-corrected chi connectivity index (χ0v) is 16.9. The van der Waals surface area contributed by atoms with E-state index in [1.807, 2.05) is 30.3 Å². The van der Waals surface area contributed by atoms with Crippen molar-refractivity contribution in [3.05, 3.63) is 89.3 Å². The molecule has 0 saturated carbocycles. The minimum atomic E-state index is -0.671. The molecule has 33 heavy (non-hydrogen) atoms. The molecule has 0 saturated heterocycles. The van der Waals surface area contributed by atoms with Crippen LogP contribution in [0, 0.1) is 0 Å². The van der Waals surface area contributed by atoms with Crippen molar-refractivity contribution in [2.45, 2.75) is 0 Å². The van der Waals surface area contributed by atoms with Gasteiger partial charge in [0.2, 0.25) is 0 Å². The van der Waals surface area contributed by atoms with E-state index in [2.05, 4.69) is 35.5 Å². The minimum Gasteiger partial charge on any atom is -0.465 e. The molecule has 0 aliphatic rings. The lowest BCUT2D eigenvalue weighted by Gasteiger charge is -2.11. The van der Waals surface area contributed by atoms with E-state index in [9.17, 15) is 9.59 Å². The molecule has 1 amide bonds. The number of rotatable bonds is 6. The van der Waals surface area contributed by atoms with E-state index in [0.29, 0.717) is 22.8 Å². The van der Waals surface area contributed by atoms with Crippen LogP contribution >= 0.6 is 0 Å². The number of carbonyl (C=O) groups is 1. The van der Waals surface area contributed by atoms with Crippen LogP contribution in [0.2, 0.25) is 0 Å². The van der Waals surface area contributed by atoms with Crippen LogP contribution in [0.3, 0.4) is 0 Å². The molecule has 11 heteroatoms. The zero-order valence-electron chi connectivity index (χ0n) is 16.9. The Kier molecular flexibility index (Phi) is 5.17. The quantitative estimate of drug-likeness (QED) is 0.383. The molecule has 0 aliphatic heterocycles. The lowest BCUT2D eigenvalue weighted by Crippen LogP contribution is -2.19. The van der Waals surface area contributed by atoms with Gasteiger partial charge in [-0.15, -0.1) is 5.10 Å². The third kappa shape index (κ3) is 4.23. The average Bonchev–Trinajstić information content (AvgIpc) is 3.60. The fraction of sp³-hybridized carbons (Fsp3) is 0. The van der Waals surface area contributed by atoms with Crippen molar-refractivity contribution >= 4 is 23.4 Å². The smallest absolute Gasteiger partial charge is 0.439 e. The number of nitrogens with one attached hydrogen (secondary N) is 2. The topological polar surface area (TPSA) is 145 Å². The highest BCUT2D eigenvalue weighted by atomic mass is 16.5. The predicted octanol–water partition coefficient (Wildman–Crippen LogP) is 2.91. The molecule has 3 heterocycles. The number of hydrogen-bond acceptors (Lipinski definition) is 8. The van der Waals surface area contributed by atoms with Gasteiger partial charge in [-0.3, -0.25) is 14.3 Å². The molecule has 0 fully saturated rings. The van der Waals surface area contributed by atoms with Crippen molar-refractivity contribution in [2.24, 2.45) is 0 Å². The summed E-state index contributed by atoms with van der Waals surface area (Å²) in [4.78, 5) is 27.1. The first kappa shape index (κ1) is 19.9.